The Kier molecular flexibility index (Phi) is 2.69. The van der Waals surface area contributed by atoms with Gasteiger partial charge in [-0.2, -0.15) is 4.73 Å². The first kappa shape index (κ1) is 9.75. The van der Waals surface area contributed by atoms with Gasteiger partial charge in [0.05, 0.1) is 11.9 Å². The minimum Gasteiger partial charge on any atom is -0.619 e. The highest BCUT2D eigenvalue weighted by Gasteiger charge is 1.99. The lowest BCUT2D eigenvalue weighted by molar-refractivity contribution is -0.605. The molecule has 13 heavy (non-hydrogen) atoms. The number of rotatable bonds is 3. The Labute approximate surface area is 75.8 Å². The summed E-state index contributed by atoms with van der Waals surface area (Å²) in [7, 11) is -3.28. The van der Waals surface area contributed by atoms with Crippen molar-refractivity contribution >= 4 is 15.7 Å². The van der Waals surface area contributed by atoms with Crippen LogP contribution in [-0.4, -0.2) is 14.7 Å². The van der Waals surface area contributed by atoms with Crippen molar-refractivity contribution in [3.05, 3.63) is 29.7 Å². The normalized spacial score (nSPS) is 11.2. The summed E-state index contributed by atoms with van der Waals surface area (Å²) < 4.78 is 21.9. The first-order valence-electron chi connectivity index (χ1n) is 3.39. The van der Waals surface area contributed by atoms with E-state index in [1.807, 2.05) is 0 Å². The zero-order valence-electron chi connectivity index (χ0n) is 6.89. The molecule has 6 nitrogen and oxygen atoms in total. The van der Waals surface area contributed by atoms with Gasteiger partial charge >= 0.3 is 0 Å². The monoisotopic (exact) mass is 203 g/mol. The van der Waals surface area contributed by atoms with Crippen LogP contribution in [0.5, 0.6) is 0 Å². The molecule has 0 aliphatic heterocycles. The first-order chi connectivity index (χ1) is 5.97. The van der Waals surface area contributed by atoms with Gasteiger partial charge in [-0.3, -0.25) is 0 Å². The maximum absolute atomic E-state index is 10.6. The minimum atomic E-state index is -3.28. The predicted octanol–water partition coefficient (Wildman–Crippen LogP) is -0.804. The largest absolute Gasteiger partial charge is 0.619 e. The van der Waals surface area contributed by atoms with Crippen LogP contribution in [0.25, 0.3) is 0 Å². The lowest BCUT2D eigenvalue weighted by atomic mass is 10.4. The van der Waals surface area contributed by atoms with Crippen molar-refractivity contribution in [2.24, 2.45) is 0 Å². The van der Waals surface area contributed by atoms with Crippen LogP contribution in [0.15, 0.2) is 24.5 Å². The van der Waals surface area contributed by atoms with E-state index in [9.17, 15) is 13.6 Å². The second-order valence-corrected chi connectivity index (χ2v) is 4.19. The van der Waals surface area contributed by atoms with Gasteiger partial charge in [0.1, 0.15) is 0 Å². The molecule has 72 valence electrons. The van der Waals surface area contributed by atoms with Gasteiger partial charge in [0, 0.05) is 12.1 Å². The van der Waals surface area contributed by atoms with E-state index in [0.29, 0.717) is 10.4 Å². The van der Waals surface area contributed by atoms with Crippen LogP contribution in [0.1, 0.15) is 0 Å². The number of aromatic nitrogens is 1. The van der Waals surface area contributed by atoms with Gasteiger partial charge in [0.25, 0.3) is 0 Å². The van der Waals surface area contributed by atoms with Gasteiger partial charge in [0.15, 0.2) is 12.4 Å². The zero-order valence-corrected chi connectivity index (χ0v) is 7.71. The van der Waals surface area contributed by atoms with E-state index in [0.717, 1.165) is 6.26 Å². The Morgan fingerprint density at radius 2 is 1.92 bits per heavy atom. The van der Waals surface area contributed by atoms with Crippen molar-refractivity contribution in [2.75, 3.05) is 11.7 Å². The van der Waals surface area contributed by atoms with E-state index >= 15 is 0 Å². The molecule has 0 aromatic carbocycles. The molecular weight excluding hydrogens is 194 g/mol. The quantitative estimate of drug-likeness (QED) is 0.382. The molecule has 0 saturated carbocycles. The molecule has 2 N–H and O–H groups in total. The summed E-state index contributed by atoms with van der Waals surface area (Å²) in [6.07, 6.45) is 3.54. The molecule has 0 bridgehead atoms. The van der Waals surface area contributed by atoms with E-state index in [4.69, 9.17) is 0 Å². The summed E-state index contributed by atoms with van der Waals surface area (Å²) in [6, 6.07) is 2.90. The topological polar surface area (TPSA) is 85.1 Å². The van der Waals surface area contributed by atoms with Crippen LogP contribution in [-0.2, 0) is 10.0 Å². The van der Waals surface area contributed by atoms with Crippen LogP contribution < -0.4 is 15.0 Å². The number of anilines is 1. The predicted molar refractivity (Wildman–Crippen MR) is 47.0 cm³/mol. The van der Waals surface area contributed by atoms with Crippen molar-refractivity contribution in [3.8, 4) is 0 Å². The average Bonchev–Trinajstić information content (AvgIpc) is 2.02. The molecule has 0 aliphatic rings. The molecule has 0 saturated heterocycles. The van der Waals surface area contributed by atoms with Crippen LogP contribution >= 0.6 is 0 Å². The number of sulfonamides is 1. The molecule has 1 aromatic rings. The molecule has 0 fully saturated rings. The molecule has 0 aliphatic carbocycles. The van der Waals surface area contributed by atoms with Gasteiger partial charge in [-0.1, -0.05) is 0 Å². The third-order valence-corrected chi connectivity index (χ3v) is 1.66. The standard InChI is InChI=1S/C6H9N3O3S/c1-13(11,12)8-7-6-2-4-9(10)5-3-6/h2-5,7-8H,1H3. The summed E-state index contributed by atoms with van der Waals surface area (Å²) in [5.41, 5.74) is 2.92. The number of pyridine rings is 1. The van der Waals surface area contributed by atoms with E-state index < -0.39 is 10.0 Å². The summed E-state index contributed by atoms with van der Waals surface area (Å²) in [6.45, 7) is 0. The van der Waals surface area contributed by atoms with Crippen LogP contribution in [0.4, 0.5) is 5.69 Å². The Morgan fingerprint density at radius 3 is 2.38 bits per heavy atom. The van der Waals surface area contributed by atoms with Crippen molar-refractivity contribution in [1.29, 1.82) is 0 Å². The third-order valence-electron chi connectivity index (χ3n) is 1.18. The van der Waals surface area contributed by atoms with E-state index in [1.165, 1.54) is 24.5 Å². The smallest absolute Gasteiger partial charge is 0.225 e. The van der Waals surface area contributed by atoms with E-state index in [1.54, 1.807) is 0 Å². The zero-order chi connectivity index (χ0) is 9.90. The maximum atomic E-state index is 10.6. The Balaban J connectivity index is 2.61. The lowest BCUT2D eigenvalue weighted by Gasteiger charge is -2.04. The summed E-state index contributed by atoms with van der Waals surface area (Å²) in [5.74, 6) is 0. The number of nitrogens with zero attached hydrogens (tertiary/aromatic N) is 1. The number of hydrogen-bond acceptors (Lipinski definition) is 4. The molecule has 7 heteroatoms. The van der Waals surface area contributed by atoms with Crippen molar-refractivity contribution in [3.63, 3.8) is 0 Å². The van der Waals surface area contributed by atoms with Gasteiger partial charge in [-0.05, 0) is 0 Å². The second-order valence-electron chi connectivity index (χ2n) is 2.45. The van der Waals surface area contributed by atoms with Gasteiger partial charge < -0.3 is 10.6 Å². The fourth-order valence-electron chi connectivity index (χ4n) is 0.648. The van der Waals surface area contributed by atoms with Crippen molar-refractivity contribution in [1.82, 2.24) is 4.83 Å². The fraction of sp³-hybridized carbons (Fsp3) is 0.167. The summed E-state index contributed by atoms with van der Waals surface area (Å²) in [5, 5.41) is 10.6. The van der Waals surface area contributed by atoms with Crippen LogP contribution in [0.3, 0.4) is 0 Å². The second kappa shape index (κ2) is 3.58. The highest BCUT2D eigenvalue weighted by molar-refractivity contribution is 7.88. The number of hydrazine groups is 1. The summed E-state index contributed by atoms with van der Waals surface area (Å²) >= 11 is 0. The van der Waals surface area contributed by atoms with Gasteiger partial charge in [0.2, 0.25) is 10.0 Å². The number of nitrogens with one attached hydrogen (secondary N) is 2. The maximum Gasteiger partial charge on any atom is 0.225 e. The SMILES string of the molecule is CS(=O)(=O)NNc1cc[n+]([O-])cc1. The van der Waals surface area contributed by atoms with E-state index in [2.05, 4.69) is 10.3 Å². The molecule has 0 unspecified atom stereocenters. The third kappa shape index (κ3) is 3.72. The Bertz CT molecular complexity index is 373. The van der Waals surface area contributed by atoms with Crippen LogP contribution in [0, 0.1) is 5.21 Å². The molecule has 1 heterocycles. The highest BCUT2D eigenvalue weighted by Crippen LogP contribution is 1.99. The van der Waals surface area contributed by atoms with Crippen LogP contribution in [0.2, 0.25) is 0 Å². The highest BCUT2D eigenvalue weighted by atomic mass is 32.2. The minimum absolute atomic E-state index is 0.498. The van der Waals surface area contributed by atoms with Gasteiger partial charge in [-0.25, -0.2) is 8.42 Å². The van der Waals surface area contributed by atoms with Gasteiger partial charge in [-0.15, -0.1) is 4.83 Å². The van der Waals surface area contributed by atoms with E-state index in [-0.39, 0.29) is 0 Å². The molecule has 0 amide bonds. The summed E-state index contributed by atoms with van der Waals surface area (Å²) in [4.78, 5) is 2.07. The molecule has 0 radical (unpaired) electrons. The first-order valence-corrected chi connectivity index (χ1v) is 5.28. The Hall–Kier alpha value is -1.34. The lowest BCUT2D eigenvalue weighted by Crippen LogP contribution is -2.29. The Morgan fingerprint density at radius 1 is 1.38 bits per heavy atom. The average molecular weight is 203 g/mol. The molecular formula is C6H9N3O3S. The van der Waals surface area contributed by atoms with Crippen molar-refractivity contribution < 1.29 is 13.1 Å². The molecule has 0 spiro atoms. The number of hydrogen-bond donors (Lipinski definition) is 2. The molecule has 0 atom stereocenters. The molecule has 1 aromatic heterocycles. The molecule has 1 rings (SSSR count). The van der Waals surface area contributed by atoms with Crippen molar-refractivity contribution in [2.45, 2.75) is 0 Å². The fourth-order valence-corrected chi connectivity index (χ4v) is 0.951.